The topological polar surface area (TPSA) is 58.6 Å². The number of ether oxygens (including phenoxy) is 1. The summed E-state index contributed by atoms with van der Waals surface area (Å²) in [4.78, 5) is 25.2. The normalized spacial score (nSPS) is 20.2. The Morgan fingerprint density at radius 3 is 2.11 bits per heavy atom. The number of hydrogen-bond donors (Lipinski definition) is 1. The molecule has 5 nitrogen and oxygen atoms in total. The molecule has 1 atom stereocenters. The summed E-state index contributed by atoms with van der Waals surface area (Å²) in [5, 5.41) is 2.69. The molecule has 0 aliphatic heterocycles. The lowest BCUT2D eigenvalue weighted by Crippen LogP contribution is -2.49. The van der Waals surface area contributed by atoms with E-state index in [9.17, 15) is 9.59 Å². The Morgan fingerprint density at radius 1 is 1.21 bits per heavy atom. The molecule has 108 valence electrons. The average molecular weight is 268 g/mol. The second-order valence-corrected chi connectivity index (χ2v) is 5.88. The van der Waals surface area contributed by atoms with E-state index in [1.807, 2.05) is 0 Å². The van der Waals surface area contributed by atoms with Gasteiger partial charge in [0, 0.05) is 26.6 Å². The van der Waals surface area contributed by atoms with Gasteiger partial charge in [-0.1, -0.05) is 0 Å². The van der Waals surface area contributed by atoms with Crippen LogP contribution in [0.2, 0.25) is 0 Å². The van der Waals surface area contributed by atoms with E-state index in [1.165, 1.54) is 39.7 Å². The smallest absolute Gasteiger partial charge is 0.329 e. The summed E-state index contributed by atoms with van der Waals surface area (Å²) < 4.78 is 4.78. The maximum atomic E-state index is 11.7. The standard InChI is InChI=1S/C14H24N2O3/c1-10(17)15-13(14(18)19-2)9-16(7-11-3-4-11)8-12-5-6-12/h11-13H,3-9H2,1-2H3,(H,15,17). The molecule has 0 bridgehead atoms. The molecule has 5 heteroatoms. The number of nitrogens with one attached hydrogen (secondary N) is 1. The molecule has 0 aromatic rings. The van der Waals surface area contributed by atoms with Crippen molar-refractivity contribution in [3.63, 3.8) is 0 Å². The molecule has 0 aromatic carbocycles. The van der Waals surface area contributed by atoms with E-state index in [2.05, 4.69) is 10.2 Å². The van der Waals surface area contributed by atoms with Gasteiger partial charge in [-0.25, -0.2) is 4.79 Å². The molecule has 0 heterocycles. The predicted octanol–water partition coefficient (Wildman–Crippen LogP) is 0.786. The lowest BCUT2D eigenvalue weighted by Gasteiger charge is -2.26. The van der Waals surface area contributed by atoms with Gasteiger partial charge in [0.15, 0.2) is 0 Å². The van der Waals surface area contributed by atoms with Crippen LogP contribution in [0.25, 0.3) is 0 Å². The summed E-state index contributed by atoms with van der Waals surface area (Å²) in [5.41, 5.74) is 0. The first-order chi connectivity index (χ1) is 9.08. The molecule has 0 saturated heterocycles. The predicted molar refractivity (Wildman–Crippen MR) is 71.5 cm³/mol. The van der Waals surface area contributed by atoms with Crippen LogP contribution in [-0.2, 0) is 14.3 Å². The molecule has 1 N–H and O–H groups in total. The van der Waals surface area contributed by atoms with Gasteiger partial charge in [-0.15, -0.1) is 0 Å². The fourth-order valence-electron chi connectivity index (χ4n) is 2.38. The van der Waals surface area contributed by atoms with Crippen LogP contribution in [0.5, 0.6) is 0 Å². The van der Waals surface area contributed by atoms with Crippen molar-refractivity contribution in [1.82, 2.24) is 10.2 Å². The lowest BCUT2D eigenvalue weighted by atomic mass is 10.2. The van der Waals surface area contributed by atoms with Crippen LogP contribution in [0.15, 0.2) is 0 Å². The molecule has 0 radical (unpaired) electrons. The second kappa shape index (κ2) is 6.37. The Morgan fingerprint density at radius 2 is 1.74 bits per heavy atom. The zero-order valence-corrected chi connectivity index (χ0v) is 11.9. The van der Waals surface area contributed by atoms with Crippen LogP contribution in [0, 0.1) is 11.8 Å². The first kappa shape index (κ1) is 14.3. The van der Waals surface area contributed by atoms with Gasteiger partial charge in [0.1, 0.15) is 6.04 Å². The Bertz CT molecular complexity index is 324. The highest BCUT2D eigenvalue weighted by Gasteiger charge is 2.32. The summed E-state index contributed by atoms with van der Waals surface area (Å²) >= 11 is 0. The van der Waals surface area contributed by atoms with Crippen LogP contribution in [-0.4, -0.2) is 49.6 Å². The third-order valence-corrected chi connectivity index (χ3v) is 3.73. The van der Waals surface area contributed by atoms with Crippen molar-refractivity contribution in [2.24, 2.45) is 11.8 Å². The number of esters is 1. The summed E-state index contributed by atoms with van der Waals surface area (Å²) in [5.74, 6) is 1.03. The van der Waals surface area contributed by atoms with Crippen LogP contribution in [0.3, 0.4) is 0 Å². The van der Waals surface area contributed by atoms with Crippen LogP contribution >= 0.6 is 0 Å². The number of nitrogens with zero attached hydrogens (tertiary/aromatic N) is 1. The minimum Gasteiger partial charge on any atom is -0.467 e. The minimum atomic E-state index is -0.542. The van der Waals surface area contributed by atoms with Crippen molar-refractivity contribution < 1.29 is 14.3 Å². The molecule has 1 unspecified atom stereocenters. The van der Waals surface area contributed by atoms with Gasteiger partial charge in [0.2, 0.25) is 5.91 Å². The van der Waals surface area contributed by atoms with E-state index in [4.69, 9.17) is 4.74 Å². The van der Waals surface area contributed by atoms with E-state index < -0.39 is 6.04 Å². The van der Waals surface area contributed by atoms with Gasteiger partial charge in [-0.3, -0.25) is 4.79 Å². The van der Waals surface area contributed by atoms with Crippen LogP contribution in [0.4, 0.5) is 0 Å². The number of amides is 1. The van der Waals surface area contributed by atoms with Gasteiger partial charge in [-0.2, -0.15) is 0 Å². The highest BCUT2D eigenvalue weighted by Crippen LogP contribution is 2.33. The molecule has 2 fully saturated rings. The third-order valence-electron chi connectivity index (χ3n) is 3.73. The first-order valence-corrected chi connectivity index (χ1v) is 7.15. The average Bonchev–Trinajstić information content (AvgIpc) is 3.22. The van der Waals surface area contributed by atoms with E-state index in [0.29, 0.717) is 6.54 Å². The minimum absolute atomic E-state index is 0.187. The maximum absolute atomic E-state index is 11.7. The molecule has 2 saturated carbocycles. The Hall–Kier alpha value is -1.10. The van der Waals surface area contributed by atoms with Gasteiger partial charge >= 0.3 is 5.97 Å². The van der Waals surface area contributed by atoms with Crippen molar-refractivity contribution in [2.45, 2.75) is 38.6 Å². The Balaban J connectivity index is 1.88. The Labute approximate surface area is 114 Å². The molecule has 19 heavy (non-hydrogen) atoms. The summed E-state index contributed by atoms with van der Waals surface area (Å²) in [7, 11) is 1.36. The highest BCUT2D eigenvalue weighted by molar-refractivity contribution is 5.83. The largest absolute Gasteiger partial charge is 0.467 e. The van der Waals surface area contributed by atoms with Crippen molar-refractivity contribution in [1.29, 1.82) is 0 Å². The third kappa shape index (κ3) is 5.19. The van der Waals surface area contributed by atoms with Gasteiger partial charge in [0.05, 0.1) is 7.11 Å². The zero-order chi connectivity index (χ0) is 13.8. The fourth-order valence-corrected chi connectivity index (χ4v) is 2.38. The van der Waals surface area contributed by atoms with E-state index >= 15 is 0 Å². The lowest BCUT2D eigenvalue weighted by molar-refractivity contribution is -0.145. The molecular formula is C14H24N2O3. The van der Waals surface area contributed by atoms with Gasteiger partial charge in [-0.05, 0) is 37.5 Å². The van der Waals surface area contributed by atoms with Crippen LogP contribution in [0.1, 0.15) is 32.6 Å². The SMILES string of the molecule is COC(=O)C(CN(CC1CC1)CC1CC1)NC(C)=O. The maximum Gasteiger partial charge on any atom is 0.329 e. The molecule has 2 aliphatic carbocycles. The number of carbonyl (C=O) groups excluding carboxylic acids is 2. The Kier molecular flexibility index (Phi) is 4.80. The van der Waals surface area contributed by atoms with Gasteiger partial charge < -0.3 is 15.0 Å². The fraction of sp³-hybridized carbons (Fsp3) is 0.857. The first-order valence-electron chi connectivity index (χ1n) is 7.15. The number of hydrogen-bond acceptors (Lipinski definition) is 4. The van der Waals surface area contributed by atoms with Crippen molar-refractivity contribution in [2.75, 3.05) is 26.7 Å². The van der Waals surface area contributed by atoms with Crippen molar-refractivity contribution >= 4 is 11.9 Å². The second-order valence-electron chi connectivity index (χ2n) is 5.88. The van der Waals surface area contributed by atoms with E-state index in [0.717, 1.165) is 24.9 Å². The quantitative estimate of drug-likeness (QED) is 0.661. The molecule has 1 amide bonds. The molecular weight excluding hydrogens is 244 g/mol. The van der Waals surface area contributed by atoms with Gasteiger partial charge in [0.25, 0.3) is 0 Å². The number of rotatable bonds is 8. The summed E-state index contributed by atoms with van der Waals surface area (Å²) in [6.07, 6.45) is 5.18. The van der Waals surface area contributed by atoms with E-state index in [-0.39, 0.29) is 11.9 Å². The summed E-state index contributed by atoms with van der Waals surface area (Å²) in [6, 6.07) is -0.542. The van der Waals surface area contributed by atoms with Crippen molar-refractivity contribution in [3.05, 3.63) is 0 Å². The van der Waals surface area contributed by atoms with Crippen molar-refractivity contribution in [3.8, 4) is 0 Å². The monoisotopic (exact) mass is 268 g/mol. The molecule has 2 aliphatic rings. The number of methoxy groups -OCH3 is 1. The number of carbonyl (C=O) groups is 2. The molecule has 0 spiro atoms. The van der Waals surface area contributed by atoms with Crippen LogP contribution < -0.4 is 5.32 Å². The molecule has 0 aromatic heterocycles. The zero-order valence-electron chi connectivity index (χ0n) is 11.9. The van der Waals surface area contributed by atoms with E-state index in [1.54, 1.807) is 0 Å². The molecule has 2 rings (SSSR count). The highest BCUT2D eigenvalue weighted by atomic mass is 16.5. The summed E-state index contributed by atoms with van der Waals surface area (Å²) in [6.45, 7) is 4.09.